The van der Waals surface area contributed by atoms with E-state index in [2.05, 4.69) is 6.92 Å². The lowest BCUT2D eigenvalue weighted by Gasteiger charge is -2.07. The standard InChI is InChI=1S/C16H15ClO3/c1-2-12-3-7-15(8-4-12)20-16(18)11-19-14-9-5-13(17)6-10-14/h3-10H,2,11H2,1H3. The quantitative estimate of drug-likeness (QED) is 0.619. The average Bonchev–Trinajstić information content (AvgIpc) is 2.47. The number of ether oxygens (including phenoxy) is 2. The molecule has 0 saturated carbocycles. The van der Waals surface area contributed by atoms with Crippen LogP contribution < -0.4 is 9.47 Å². The number of rotatable bonds is 5. The van der Waals surface area contributed by atoms with Crippen molar-refractivity contribution in [2.75, 3.05) is 6.61 Å². The lowest BCUT2D eigenvalue weighted by Crippen LogP contribution is -2.17. The van der Waals surface area contributed by atoms with Crippen LogP contribution in [0.3, 0.4) is 0 Å². The van der Waals surface area contributed by atoms with E-state index in [1.807, 2.05) is 12.1 Å². The number of aryl methyl sites for hydroxylation is 1. The van der Waals surface area contributed by atoms with Crippen LogP contribution in [0.1, 0.15) is 12.5 Å². The van der Waals surface area contributed by atoms with Crippen LogP contribution in [-0.2, 0) is 11.2 Å². The van der Waals surface area contributed by atoms with Gasteiger partial charge in [-0.2, -0.15) is 0 Å². The maximum atomic E-state index is 11.6. The molecule has 0 spiro atoms. The van der Waals surface area contributed by atoms with E-state index < -0.39 is 5.97 Å². The first-order valence-electron chi connectivity index (χ1n) is 6.35. The van der Waals surface area contributed by atoms with Gasteiger partial charge in [-0.1, -0.05) is 30.7 Å². The minimum absolute atomic E-state index is 0.142. The first kappa shape index (κ1) is 14.4. The smallest absolute Gasteiger partial charge is 0.349 e. The van der Waals surface area contributed by atoms with Gasteiger partial charge in [-0.15, -0.1) is 0 Å². The van der Waals surface area contributed by atoms with Crippen LogP contribution in [-0.4, -0.2) is 12.6 Å². The van der Waals surface area contributed by atoms with Crippen LogP contribution in [0.15, 0.2) is 48.5 Å². The van der Waals surface area contributed by atoms with Crippen molar-refractivity contribution in [3.05, 3.63) is 59.1 Å². The minimum atomic E-state index is -0.441. The van der Waals surface area contributed by atoms with E-state index in [-0.39, 0.29) is 6.61 Å². The summed E-state index contributed by atoms with van der Waals surface area (Å²) in [4.78, 5) is 11.6. The highest BCUT2D eigenvalue weighted by Gasteiger charge is 2.06. The monoisotopic (exact) mass is 290 g/mol. The Hall–Kier alpha value is -2.00. The van der Waals surface area contributed by atoms with Crippen molar-refractivity contribution in [1.82, 2.24) is 0 Å². The summed E-state index contributed by atoms with van der Waals surface area (Å²) in [5.41, 5.74) is 1.20. The molecule has 0 fully saturated rings. The zero-order valence-electron chi connectivity index (χ0n) is 11.1. The summed E-state index contributed by atoms with van der Waals surface area (Å²) in [6, 6.07) is 14.2. The molecule has 0 aromatic heterocycles. The number of carbonyl (C=O) groups is 1. The average molecular weight is 291 g/mol. The predicted octanol–water partition coefficient (Wildman–Crippen LogP) is 3.89. The zero-order valence-corrected chi connectivity index (χ0v) is 11.9. The van der Waals surface area contributed by atoms with Crippen LogP contribution in [0.5, 0.6) is 11.5 Å². The molecule has 2 aromatic rings. The molecule has 0 heterocycles. The topological polar surface area (TPSA) is 35.5 Å². The molecule has 20 heavy (non-hydrogen) atoms. The Morgan fingerprint density at radius 1 is 1.00 bits per heavy atom. The van der Waals surface area contributed by atoms with Crippen molar-refractivity contribution in [2.24, 2.45) is 0 Å². The number of benzene rings is 2. The van der Waals surface area contributed by atoms with Gasteiger partial charge in [-0.05, 0) is 48.4 Å². The molecule has 0 bridgehead atoms. The molecule has 2 rings (SSSR count). The van der Waals surface area contributed by atoms with Gasteiger partial charge in [0.15, 0.2) is 6.61 Å². The highest BCUT2D eigenvalue weighted by atomic mass is 35.5. The summed E-state index contributed by atoms with van der Waals surface area (Å²) in [6.45, 7) is 1.93. The van der Waals surface area contributed by atoms with Crippen LogP contribution in [0.2, 0.25) is 5.02 Å². The van der Waals surface area contributed by atoms with E-state index >= 15 is 0 Å². The first-order chi connectivity index (χ1) is 9.67. The van der Waals surface area contributed by atoms with Crippen LogP contribution in [0.4, 0.5) is 0 Å². The summed E-state index contributed by atoms with van der Waals surface area (Å²) in [6.07, 6.45) is 0.952. The van der Waals surface area contributed by atoms with E-state index in [0.29, 0.717) is 16.5 Å². The van der Waals surface area contributed by atoms with Gasteiger partial charge in [0.1, 0.15) is 11.5 Å². The first-order valence-corrected chi connectivity index (χ1v) is 6.73. The lowest BCUT2D eigenvalue weighted by atomic mass is 10.2. The molecule has 0 aliphatic heterocycles. The molecule has 2 aromatic carbocycles. The third-order valence-electron chi connectivity index (χ3n) is 2.73. The summed E-state index contributed by atoms with van der Waals surface area (Å²) in [7, 11) is 0. The van der Waals surface area contributed by atoms with Crippen molar-refractivity contribution < 1.29 is 14.3 Å². The summed E-state index contributed by atoms with van der Waals surface area (Å²) >= 11 is 5.76. The Balaban J connectivity index is 1.84. The molecule has 0 radical (unpaired) electrons. The third kappa shape index (κ3) is 4.28. The van der Waals surface area contributed by atoms with Gasteiger partial charge in [0.05, 0.1) is 0 Å². The normalized spacial score (nSPS) is 10.1. The van der Waals surface area contributed by atoms with Gasteiger partial charge in [0.2, 0.25) is 0 Å². The maximum Gasteiger partial charge on any atom is 0.349 e. The van der Waals surface area contributed by atoms with E-state index in [4.69, 9.17) is 21.1 Å². The molecule has 0 amide bonds. The zero-order chi connectivity index (χ0) is 14.4. The van der Waals surface area contributed by atoms with Gasteiger partial charge in [0.25, 0.3) is 0 Å². The number of esters is 1. The SMILES string of the molecule is CCc1ccc(OC(=O)COc2ccc(Cl)cc2)cc1. The molecule has 104 valence electrons. The van der Waals surface area contributed by atoms with Crippen molar-refractivity contribution in [1.29, 1.82) is 0 Å². The molecule has 0 aliphatic carbocycles. The summed E-state index contributed by atoms with van der Waals surface area (Å²) in [5.74, 6) is 0.656. The van der Waals surface area contributed by atoms with E-state index in [1.54, 1.807) is 36.4 Å². The molecular formula is C16H15ClO3. The van der Waals surface area contributed by atoms with Crippen molar-refractivity contribution in [3.8, 4) is 11.5 Å². The second kappa shape index (κ2) is 6.96. The van der Waals surface area contributed by atoms with Crippen molar-refractivity contribution in [3.63, 3.8) is 0 Å². The Morgan fingerprint density at radius 2 is 1.60 bits per heavy atom. The molecule has 0 unspecified atom stereocenters. The Labute approximate surface area is 123 Å². The molecule has 0 N–H and O–H groups in total. The highest BCUT2D eigenvalue weighted by molar-refractivity contribution is 6.30. The molecular weight excluding hydrogens is 276 g/mol. The molecule has 0 saturated heterocycles. The summed E-state index contributed by atoms with van der Waals surface area (Å²) < 4.78 is 10.5. The molecule has 3 nitrogen and oxygen atoms in total. The summed E-state index contributed by atoms with van der Waals surface area (Å²) in [5, 5.41) is 0.621. The van der Waals surface area contributed by atoms with Crippen LogP contribution in [0, 0.1) is 0 Å². The predicted molar refractivity (Wildman–Crippen MR) is 78.4 cm³/mol. The second-order valence-corrected chi connectivity index (χ2v) is 4.65. The third-order valence-corrected chi connectivity index (χ3v) is 2.99. The minimum Gasteiger partial charge on any atom is -0.482 e. The largest absolute Gasteiger partial charge is 0.482 e. The number of hydrogen-bond donors (Lipinski definition) is 0. The fourth-order valence-electron chi connectivity index (χ4n) is 1.63. The Kier molecular flexibility index (Phi) is 5.02. The molecule has 4 heteroatoms. The fraction of sp³-hybridized carbons (Fsp3) is 0.188. The van der Waals surface area contributed by atoms with Gasteiger partial charge < -0.3 is 9.47 Å². The van der Waals surface area contributed by atoms with Crippen molar-refractivity contribution in [2.45, 2.75) is 13.3 Å². The number of hydrogen-bond acceptors (Lipinski definition) is 3. The van der Waals surface area contributed by atoms with E-state index in [9.17, 15) is 4.79 Å². The fourth-order valence-corrected chi connectivity index (χ4v) is 1.75. The van der Waals surface area contributed by atoms with Gasteiger partial charge >= 0.3 is 5.97 Å². The molecule has 0 atom stereocenters. The Morgan fingerprint density at radius 3 is 2.20 bits per heavy atom. The van der Waals surface area contributed by atoms with E-state index in [1.165, 1.54) is 5.56 Å². The van der Waals surface area contributed by atoms with Crippen molar-refractivity contribution >= 4 is 17.6 Å². The highest BCUT2D eigenvalue weighted by Crippen LogP contribution is 2.16. The van der Waals surface area contributed by atoms with Gasteiger partial charge in [-0.3, -0.25) is 0 Å². The van der Waals surface area contributed by atoms with Gasteiger partial charge in [-0.25, -0.2) is 4.79 Å². The Bertz CT molecular complexity index is 561. The van der Waals surface area contributed by atoms with E-state index in [0.717, 1.165) is 6.42 Å². The lowest BCUT2D eigenvalue weighted by molar-refractivity contribution is -0.136. The van der Waals surface area contributed by atoms with Crippen LogP contribution in [0.25, 0.3) is 0 Å². The van der Waals surface area contributed by atoms with Crippen LogP contribution >= 0.6 is 11.6 Å². The second-order valence-electron chi connectivity index (χ2n) is 4.21. The van der Waals surface area contributed by atoms with Gasteiger partial charge in [0, 0.05) is 5.02 Å². The maximum absolute atomic E-state index is 11.6. The number of halogens is 1. The number of carbonyl (C=O) groups excluding carboxylic acids is 1. The molecule has 0 aliphatic rings.